The molecular weight excluding hydrogens is 202 g/mol. The van der Waals surface area contributed by atoms with Crippen molar-refractivity contribution in [2.75, 3.05) is 0 Å². The zero-order valence-corrected chi connectivity index (χ0v) is 8.69. The fourth-order valence-corrected chi connectivity index (χ4v) is 2.19. The summed E-state index contributed by atoms with van der Waals surface area (Å²) in [7, 11) is 0. The molecule has 3 atom stereocenters. The molecule has 1 saturated carbocycles. The van der Waals surface area contributed by atoms with Crippen molar-refractivity contribution in [3.05, 3.63) is 0 Å². The van der Waals surface area contributed by atoms with E-state index in [-0.39, 0.29) is 4.32 Å². The minimum Gasteiger partial charge on any atom is -0.197 e. The molecule has 1 aliphatic rings. The Morgan fingerprint density at radius 2 is 2.18 bits per heavy atom. The van der Waals surface area contributed by atoms with Crippen LogP contribution in [0.4, 0.5) is 0 Å². The molecule has 11 heavy (non-hydrogen) atoms. The highest BCUT2D eigenvalue weighted by molar-refractivity contribution is 9.10. The van der Waals surface area contributed by atoms with Gasteiger partial charge < -0.3 is 0 Å². The van der Waals surface area contributed by atoms with Crippen molar-refractivity contribution in [2.24, 2.45) is 11.8 Å². The number of alkyl halides is 1. The second-order valence-electron chi connectivity index (χ2n) is 3.75. The van der Waals surface area contributed by atoms with Crippen molar-refractivity contribution in [2.45, 2.75) is 37.4 Å². The van der Waals surface area contributed by atoms with Gasteiger partial charge in [-0.2, -0.15) is 5.26 Å². The first kappa shape index (κ1) is 9.06. The fraction of sp³-hybridized carbons (Fsp3) is 0.889. The van der Waals surface area contributed by atoms with Crippen LogP contribution in [0.1, 0.15) is 33.1 Å². The molecule has 3 unspecified atom stereocenters. The summed E-state index contributed by atoms with van der Waals surface area (Å²) in [6.07, 6.45) is 3.37. The molecular formula is C9H14BrN. The first-order valence-electron chi connectivity index (χ1n) is 4.18. The van der Waals surface area contributed by atoms with Crippen LogP contribution in [0.2, 0.25) is 0 Å². The predicted octanol–water partition coefficient (Wildman–Crippen LogP) is 3.10. The van der Waals surface area contributed by atoms with E-state index >= 15 is 0 Å². The van der Waals surface area contributed by atoms with Gasteiger partial charge in [0, 0.05) is 0 Å². The first-order chi connectivity index (χ1) is 5.08. The number of rotatable bonds is 0. The smallest absolute Gasteiger partial charge is 0.115 e. The lowest BCUT2D eigenvalue weighted by molar-refractivity contribution is 0.277. The summed E-state index contributed by atoms with van der Waals surface area (Å²) in [5.41, 5.74) is 0. The third kappa shape index (κ3) is 1.76. The van der Waals surface area contributed by atoms with Crippen LogP contribution in [0.3, 0.4) is 0 Å². The molecule has 1 rings (SSSR count). The Labute approximate surface area is 76.9 Å². The van der Waals surface area contributed by atoms with E-state index in [0.717, 1.165) is 12.3 Å². The van der Waals surface area contributed by atoms with Crippen LogP contribution in [-0.2, 0) is 0 Å². The Balaban J connectivity index is 2.66. The van der Waals surface area contributed by atoms with Gasteiger partial charge in [-0.3, -0.25) is 0 Å². The Morgan fingerprint density at radius 3 is 2.64 bits per heavy atom. The summed E-state index contributed by atoms with van der Waals surface area (Å²) in [5.74, 6) is 1.29. The molecule has 0 aromatic heterocycles. The van der Waals surface area contributed by atoms with Gasteiger partial charge >= 0.3 is 0 Å². The van der Waals surface area contributed by atoms with Crippen LogP contribution in [0.5, 0.6) is 0 Å². The highest BCUT2D eigenvalue weighted by Gasteiger charge is 2.37. The van der Waals surface area contributed by atoms with Gasteiger partial charge in [-0.25, -0.2) is 0 Å². The average Bonchev–Trinajstić information content (AvgIpc) is 1.98. The van der Waals surface area contributed by atoms with E-state index in [9.17, 15) is 0 Å². The summed E-state index contributed by atoms with van der Waals surface area (Å²) in [4.78, 5) is 0. The van der Waals surface area contributed by atoms with Crippen molar-refractivity contribution in [1.29, 1.82) is 5.26 Å². The molecule has 0 aromatic carbocycles. The number of halogens is 1. The van der Waals surface area contributed by atoms with Crippen LogP contribution in [-0.4, -0.2) is 4.32 Å². The molecule has 0 radical (unpaired) electrons. The molecule has 0 spiro atoms. The van der Waals surface area contributed by atoms with Crippen LogP contribution in [0, 0.1) is 23.2 Å². The maximum Gasteiger partial charge on any atom is 0.115 e. The number of hydrogen-bond acceptors (Lipinski definition) is 1. The van der Waals surface area contributed by atoms with E-state index in [1.807, 2.05) is 0 Å². The van der Waals surface area contributed by atoms with Crippen LogP contribution < -0.4 is 0 Å². The molecule has 0 heterocycles. The van der Waals surface area contributed by atoms with Gasteiger partial charge in [-0.1, -0.05) is 29.8 Å². The Hall–Kier alpha value is -0.0300. The minimum atomic E-state index is -0.223. The number of nitrogens with zero attached hydrogens (tertiary/aromatic N) is 1. The second kappa shape index (κ2) is 3.15. The van der Waals surface area contributed by atoms with E-state index in [1.54, 1.807) is 0 Å². The average molecular weight is 216 g/mol. The van der Waals surface area contributed by atoms with E-state index in [4.69, 9.17) is 5.26 Å². The van der Waals surface area contributed by atoms with Gasteiger partial charge in [0.2, 0.25) is 0 Å². The minimum absolute atomic E-state index is 0.223. The van der Waals surface area contributed by atoms with Gasteiger partial charge in [0.25, 0.3) is 0 Å². The number of hydrogen-bond donors (Lipinski definition) is 0. The Kier molecular flexibility index (Phi) is 2.59. The molecule has 0 aliphatic heterocycles. The summed E-state index contributed by atoms with van der Waals surface area (Å²) in [5, 5.41) is 8.91. The van der Waals surface area contributed by atoms with Crippen molar-refractivity contribution >= 4 is 15.9 Å². The molecule has 0 saturated heterocycles. The zero-order chi connectivity index (χ0) is 8.48. The molecule has 0 aromatic rings. The zero-order valence-electron chi connectivity index (χ0n) is 7.10. The summed E-state index contributed by atoms with van der Waals surface area (Å²) in [6.45, 7) is 4.42. The highest BCUT2D eigenvalue weighted by atomic mass is 79.9. The molecule has 0 amide bonds. The largest absolute Gasteiger partial charge is 0.197 e. The molecule has 2 heteroatoms. The molecule has 0 bridgehead atoms. The Bertz CT molecular complexity index is 184. The molecule has 1 fully saturated rings. The third-order valence-corrected chi connectivity index (χ3v) is 4.08. The lowest BCUT2D eigenvalue weighted by Gasteiger charge is -2.34. The quantitative estimate of drug-likeness (QED) is 0.571. The first-order valence-corrected chi connectivity index (χ1v) is 4.98. The normalized spacial score (nSPS) is 44.9. The second-order valence-corrected chi connectivity index (χ2v) is 5.17. The van der Waals surface area contributed by atoms with Gasteiger partial charge in [0.15, 0.2) is 0 Å². The van der Waals surface area contributed by atoms with Gasteiger partial charge in [-0.05, 0) is 31.1 Å². The lowest BCUT2D eigenvalue weighted by atomic mass is 9.76. The Morgan fingerprint density at radius 1 is 1.55 bits per heavy atom. The molecule has 1 nitrogen and oxygen atoms in total. The highest BCUT2D eigenvalue weighted by Crippen LogP contribution is 2.42. The van der Waals surface area contributed by atoms with Gasteiger partial charge in [-0.15, -0.1) is 0 Å². The predicted molar refractivity (Wildman–Crippen MR) is 49.5 cm³/mol. The number of nitriles is 1. The molecule has 0 N–H and O–H groups in total. The van der Waals surface area contributed by atoms with E-state index in [2.05, 4.69) is 35.8 Å². The van der Waals surface area contributed by atoms with Crippen LogP contribution in [0.25, 0.3) is 0 Å². The maximum absolute atomic E-state index is 8.91. The molecule has 1 aliphatic carbocycles. The summed E-state index contributed by atoms with van der Waals surface area (Å²) >= 11 is 3.53. The van der Waals surface area contributed by atoms with Gasteiger partial charge in [0.1, 0.15) is 4.32 Å². The fourth-order valence-electron chi connectivity index (χ4n) is 1.78. The van der Waals surface area contributed by atoms with Crippen LogP contribution >= 0.6 is 15.9 Å². The SMILES string of the molecule is CC1CCC(Br)(C#N)C(C)C1. The standard InChI is InChI=1S/C9H14BrN/c1-7-3-4-9(10,6-11)8(2)5-7/h7-8H,3-5H2,1-2H3. The molecule has 62 valence electrons. The van der Waals surface area contributed by atoms with E-state index in [0.29, 0.717) is 5.92 Å². The summed E-state index contributed by atoms with van der Waals surface area (Å²) < 4.78 is -0.223. The topological polar surface area (TPSA) is 23.8 Å². The van der Waals surface area contributed by atoms with Crippen molar-refractivity contribution in [3.8, 4) is 6.07 Å². The van der Waals surface area contributed by atoms with Gasteiger partial charge in [0.05, 0.1) is 6.07 Å². The monoisotopic (exact) mass is 215 g/mol. The van der Waals surface area contributed by atoms with E-state index < -0.39 is 0 Å². The van der Waals surface area contributed by atoms with Crippen molar-refractivity contribution < 1.29 is 0 Å². The third-order valence-electron chi connectivity index (χ3n) is 2.72. The lowest BCUT2D eigenvalue weighted by Crippen LogP contribution is -2.33. The van der Waals surface area contributed by atoms with Crippen molar-refractivity contribution in [3.63, 3.8) is 0 Å². The summed E-state index contributed by atoms with van der Waals surface area (Å²) in [6, 6.07) is 2.37. The van der Waals surface area contributed by atoms with Crippen LogP contribution in [0.15, 0.2) is 0 Å². The van der Waals surface area contributed by atoms with E-state index in [1.165, 1.54) is 12.8 Å². The van der Waals surface area contributed by atoms with Crippen molar-refractivity contribution in [1.82, 2.24) is 0 Å². The maximum atomic E-state index is 8.91.